The number of halogens is 1. The van der Waals surface area contributed by atoms with Crippen LogP contribution >= 0.6 is 15.9 Å². The Labute approximate surface area is 124 Å². The summed E-state index contributed by atoms with van der Waals surface area (Å²) in [7, 11) is 0. The smallest absolute Gasteiger partial charge is 0.343 e. The highest BCUT2D eigenvalue weighted by Crippen LogP contribution is 2.27. The molecule has 0 amide bonds. The fourth-order valence-corrected chi connectivity index (χ4v) is 1.93. The zero-order chi connectivity index (χ0) is 14.5. The van der Waals surface area contributed by atoms with Crippen LogP contribution in [0.15, 0.2) is 41.0 Å². The van der Waals surface area contributed by atoms with Crippen LogP contribution in [-0.2, 0) is 4.74 Å². The molecule has 20 heavy (non-hydrogen) atoms. The highest BCUT2D eigenvalue weighted by Gasteiger charge is 2.16. The number of pyridine rings is 1. The van der Waals surface area contributed by atoms with Crippen LogP contribution in [0.4, 0.5) is 5.69 Å². The van der Waals surface area contributed by atoms with E-state index in [2.05, 4.69) is 20.9 Å². The Kier molecular flexibility index (Phi) is 4.57. The van der Waals surface area contributed by atoms with Gasteiger partial charge in [-0.25, -0.2) is 9.78 Å². The van der Waals surface area contributed by atoms with Gasteiger partial charge in [-0.05, 0) is 31.2 Å². The van der Waals surface area contributed by atoms with Crippen molar-refractivity contribution in [1.82, 2.24) is 4.98 Å². The third-order valence-electron chi connectivity index (χ3n) is 2.38. The van der Waals surface area contributed by atoms with E-state index in [-0.39, 0.29) is 18.1 Å². The molecule has 0 fully saturated rings. The monoisotopic (exact) mass is 336 g/mol. The molecule has 0 aliphatic heterocycles. The summed E-state index contributed by atoms with van der Waals surface area (Å²) in [5.74, 6) is 0.204. The fraction of sp³-hybridized carbons (Fsp3) is 0.143. The van der Waals surface area contributed by atoms with Crippen LogP contribution in [0.1, 0.15) is 17.3 Å². The van der Waals surface area contributed by atoms with E-state index in [4.69, 9.17) is 15.2 Å². The van der Waals surface area contributed by atoms with Gasteiger partial charge in [-0.15, -0.1) is 0 Å². The van der Waals surface area contributed by atoms with E-state index in [1.165, 1.54) is 12.3 Å². The molecular weight excluding hydrogens is 324 g/mol. The number of anilines is 1. The summed E-state index contributed by atoms with van der Waals surface area (Å²) in [4.78, 5) is 15.9. The Morgan fingerprint density at radius 2 is 2.20 bits per heavy atom. The van der Waals surface area contributed by atoms with Crippen molar-refractivity contribution in [3.8, 4) is 11.6 Å². The summed E-state index contributed by atoms with van der Waals surface area (Å²) in [5, 5.41) is 0. The number of aromatic nitrogens is 1. The van der Waals surface area contributed by atoms with Crippen molar-refractivity contribution in [2.75, 3.05) is 12.3 Å². The van der Waals surface area contributed by atoms with Gasteiger partial charge >= 0.3 is 5.97 Å². The molecule has 2 aromatic rings. The molecule has 1 aromatic heterocycles. The van der Waals surface area contributed by atoms with Gasteiger partial charge in [0.25, 0.3) is 0 Å². The third kappa shape index (κ3) is 3.48. The quantitative estimate of drug-likeness (QED) is 0.866. The molecule has 0 saturated carbocycles. The topological polar surface area (TPSA) is 74.4 Å². The first-order valence-corrected chi connectivity index (χ1v) is 6.75. The van der Waals surface area contributed by atoms with Gasteiger partial charge in [0, 0.05) is 4.47 Å². The van der Waals surface area contributed by atoms with E-state index < -0.39 is 5.97 Å². The van der Waals surface area contributed by atoms with Crippen molar-refractivity contribution in [1.29, 1.82) is 0 Å². The lowest BCUT2D eigenvalue weighted by molar-refractivity contribution is 0.0523. The summed E-state index contributed by atoms with van der Waals surface area (Å²) >= 11 is 3.35. The molecule has 0 bridgehead atoms. The SMILES string of the molecule is CCOC(=O)c1cc(N)cnc1Oc1cccc(Br)c1. The number of rotatable bonds is 4. The molecule has 0 radical (unpaired) electrons. The van der Waals surface area contributed by atoms with E-state index in [1.54, 1.807) is 19.1 Å². The average Bonchev–Trinajstić information content (AvgIpc) is 2.41. The third-order valence-corrected chi connectivity index (χ3v) is 2.87. The van der Waals surface area contributed by atoms with Crippen LogP contribution in [-0.4, -0.2) is 17.6 Å². The van der Waals surface area contributed by atoms with Gasteiger partial charge in [-0.1, -0.05) is 22.0 Å². The molecule has 0 unspecified atom stereocenters. The fourth-order valence-electron chi connectivity index (χ4n) is 1.55. The summed E-state index contributed by atoms with van der Waals surface area (Å²) in [6.45, 7) is 2.00. The van der Waals surface area contributed by atoms with Gasteiger partial charge in [0.05, 0.1) is 18.5 Å². The second-order valence-corrected chi connectivity index (χ2v) is 4.82. The first-order chi connectivity index (χ1) is 9.60. The lowest BCUT2D eigenvalue weighted by atomic mass is 10.2. The minimum atomic E-state index is -0.516. The van der Waals surface area contributed by atoms with E-state index in [0.717, 1.165) is 4.47 Å². The summed E-state index contributed by atoms with van der Waals surface area (Å²) in [5.41, 5.74) is 6.22. The minimum Gasteiger partial charge on any atom is -0.462 e. The molecule has 104 valence electrons. The molecule has 0 spiro atoms. The summed E-state index contributed by atoms with van der Waals surface area (Å²) < 4.78 is 11.4. The van der Waals surface area contributed by atoms with Gasteiger partial charge in [0.1, 0.15) is 11.3 Å². The van der Waals surface area contributed by atoms with Gasteiger partial charge in [0.15, 0.2) is 0 Å². The Morgan fingerprint density at radius 1 is 1.40 bits per heavy atom. The largest absolute Gasteiger partial charge is 0.462 e. The molecular formula is C14H13BrN2O3. The molecule has 5 nitrogen and oxygen atoms in total. The van der Waals surface area contributed by atoms with Gasteiger partial charge < -0.3 is 15.2 Å². The minimum absolute atomic E-state index is 0.163. The van der Waals surface area contributed by atoms with E-state index >= 15 is 0 Å². The summed E-state index contributed by atoms with van der Waals surface area (Å²) in [6.07, 6.45) is 1.43. The number of carbonyl (C=O) groups is 1. The lowest BCUT2D eigenvalue weighted by Crippen LogP contribution is -2.08. The van der Waals surface area contributed by atoms with Gasteiger partial charge in [-0.3, -0.25) is 0 Å². The number of carbonyl (C=O) groups excluding carboxylic acids is 1. The Hall–Kier alpha value is -2.08. The van der Waals surface area contributed by atoms with Crippen molar-refractivity contribution >= 4 is 27.6 Å². The Bertz CT molecular complexity index is 632. The number of hydrogen-bond acceptors (Lipinski definition) is 5. The lowest BCUT2D eigenvalue weighted by Gasteiger charge is -2.10. The van der Waals surface area contributed by atoms with Crippen LogP contribution in [0.2, 0.25) is 0 Å². The molecule has 2 rings (SSSR count). The standard InChI is InChI=1S/C14H13BrN2O3/c1-2-19-14(18)12-7-10(16)8-17-13(12)20-11-5-3-4-9(15)6-11/h3-8H,2,16H2,1H3. The number of nitrogens with zero attached hydrogens (tertiary/aromatic N) is 1. The predicted molar refractivity (Wildman–Crippen MR) is 78.8 cm³/mol. The zero-order valence-corrected chi connectivity index (χ0v) is 12.4. The zero-order valence-electron chi connectivity index (χ0n) is 10.8. The Balaban J connectivity index is 2.33. The van der Waals surface area contributed by atoms with E-state index in [1.807, 2.05) is 12.1 Å². The number of ether oxygens (including phenoxy) is 2. The molecule has 0 saturated heterocycles. The number of nitrogen functional groups attached to an aromatic ring is 1. The van der Waals surface area contributed by atoms with Crippen LogP contribution in [0.25, 0.3) is 0 Å². The van der Waals surface area contributed by atoms with Crippen LogP contribution in [0.3, 0.4) is 0 Å². The van der Waals surface area contributed by atoms with Crippen molar-refractivity contribution in [2.45, 2.75) is 6.92 Å². The normalized spacial score (nSPS) is 10.1. The van der Waals surface area contributed by atoms with E-state index in [9.17, 15) is 4.79 Å². The van der Waals surface area contributed by atoms with Crippen molar-refractivity contribution in [3.63, 3.8) is 0 Å². The van der Waals surface area contributed by atoms with Gasteiger partial charge in [-0.2, -0.15) is 0 Å². The van der Waals surface area contributed by atoms with Crippen LogP contribution in [0.5, 0.6) is 11.6 Å². The second-order valence-electron chi connectivity index (χ2n) is 3.90. The van der Waals surface area contributed by atoms with E-state index in [0.29, 0.717) is 11.4 Å². The first-order valence-electron chi connectivity index (χ1n) is 5.96. The number of hydrogen-bond donors (Lipinski definition) is 1. The van der Waals surface area contributed by atoms with Crippen molar-refractivity contribution in [2.24, 2.45) is 0 Å². The number of benzene rings is 1. The Morgan fingerprint density at radius 3 is 2.90 bits per heavy atom. The maximum Gasteiger partial charge on any atom is 0.343 e. The molecule has 2 N–H and O–H groups in total. The highest BCUT2D eigenvalue weighted by molar-refractivity contribution is 9.10. The highest BCUT2D eigenvalue weighted by atomic mass is 79.9. The molecule has 0 aliphatic rings. The maximum atomic E-state index is 11.9. The van der Waals surface area contributed by atoms with Crippen LogP contribution in [0, 0.1) is 0 Å². The molecule has 6 heteroatoms. The number of esters is 1. The first kappa shape index (κ1) is 14.3. The second kappa shape index (κ2) is 6.38. The van der Waals surface area contributed by atoms with Crippen LogP contribution < -0.4 is 10.5 Å². The molecule has 1 aromatic carbocycles. The molecule has 1 heterocycles. The van der Waals surface area contributed by atoms with Crippen molar-refractivity contribution < 1.29 is 14.3 Å². The van der Waals surface area contributed by atoms with Gasteiger partial charge in [0.2, 0.25) is 5.88 Å². The average molecular weight is 337 g/mol. The predicted octanol–water partition coefficient (Wildman–Crippen LogP) is 3.40. The molecule has 0 aliphatic carbocycles. The van der Waals surface area contributed by atoms with Crippen molar-refractivity contribution in [3.05, 3.63) is 46.6 Å². The maximum absolute atomic E-state index is 11.9. The molecule has 0 atom stereocenters. The summed E-state index contributed by atoms with van der Waals surface area (Å²) in [6, 6.07) is 8.71. The number of nitrogens with two attached hydrogens (primary N) is 1.